The van der Waals surface area contributed by atoms with Crippen molar-refractivity contribution in [2.24, 2.45) is 0 Å². The Hall–Kier alpha value is -3.66. The highest BCUT2D eigenvalue weighted by molar-refractivity contribution is 5.89. The molecule has 4 nitrogen and oxygen atoms in total. The number of hydrogen-bond donors (Lipinski definition) is 0. The van der Waals surface area contributed by atoms with Crippen molar-refractivity contribution in [3.63, 3.8) is 0 Å². The molecule has 0 saturated heterocycles. The van der Waals surface area contributed by atoms with Crippen molar-refractivity contribution in [2.75, 3.05) is 9.80 Å². The molecule has 4 aromatic rings. The predicted molar refractivity (Wildman–Crippen MR) is 172 cm³/mol. The molecular weight excluding hydrogens is 488 g/mol. The minimum atomic E-state index is -0.117. The molecule has 0 saturated carbocycles. The van der Waals surface area contributed by atoms with Crippen LogP contribution in [0.15, 0.2) is 79.0 Å². The smallest absolute Gasteiger partial charge is 0.179 e. The maximum atomic E-state index is 5.41. The Kier molecular flexibility index (Phi) is 8.68. The molecule has 1 atom stereocenters. The number of anilines is 4. The van der Waals surface area contributed by atoms with Crippen LogP contribution in [0.25, 0.3) is 11.3 Å². The highest BCUT2D eigenvalue weighted by atomic mass is 15.5. The van der Waals surface area contributed by atoms with E-state index in [0.717, 1.165) is 23.0 Å². The summed E-state index contributed by atoms with van der Waals surface area (Å²) in [7, 11) is 0. The van der Waals surface area contributed by atoms with E-state index in [-0.39, 0.29) is 11.6 Å². The average molecular weight is 535 g/mol. The molecule has 0 aliphatic carbocycles. The van der Waals surface area contributed by atoms with Crippen molar-refractivity contribution >= 4 is 23.0 Å². The second-order valence-corrected chi connectivity index (χ2v) is 11.2. The van der Waals surface area contributed by atoms with Crippen LogP contribution >= 0.6 is 0 Å². The van der Waals surface area contributed by atoms with Gasteiger partial charge >= 0.3 is 0 Å². The Morgan fingerprint density at radius 3 is 1.85 bits per heavy atom. The van der Waals surface area contributed by atoms with Gasteiger partial charge < -0.3 is 9.80 Å². The van der Waals surface area contributed by atoms with Gasteiger partial charge in [0.1, 0.15) is 6.17 Å². The van der Waals surface area contributed by atoms with Crippen molar-refractivity contribution in [3.05, 3.63) is 95.7 Å². The Morgan fingerprint density at radius 2 is 1.25 bits per heavy atom. The zero-order valence-corrected chi connectivity index (χ0v) is 26.0. The number of rotatable bonds is 4. The summed E-state index contributed by atoms with van der Waals surface area (Å²) in [5.74, 6) is 2.65. The van der Waals surface area contributed by atoms with Gasteiger partial charge in [-0.25, -0.2) is 9.97 Å². The summed E-state index contributed by atoms with van der Waals surface area (Å²) in [6.45, 7) is 21.7. The van der Waals surface area contributed by atoms with Gasteiger partial charge in [0.2, 0.25) is 0 Å². The maximum absolute atomic E-state index is 5.41. The molecule has 6 rings (SSSR count). The van der Waals surface area contributed by atoms with E-state index in [1.165, 1.54) is 27.9 Å². The molecule has 2 aliphatic heterocycles. The Labute approximate surface area is 242 Å². The third-order valence-electron chi connectivity index (χ3n) is 7.85. The lowest BCUT2D eigenvalue weighted by atomic mass is 9.83. The van der Waals surface area contributed by atoms with Gasteiger partial charge in [-0.05, 0) is 46.7 Å². The van der Waals surface area contributed by atoms with Gasteiger partial charge in [-0.15, -0.1) is 0 Å². The quantitative estimate of drug-likeness (QED) is 0.261. The van der Waals surface area contributed by atoms with E-state index in [0.29, 0.717) is 11.8 Å². The van der Waals surface area contributed by atoms with E-state index in [1.54, 1.807) is 0 Å². The molecule has 3 heterocycles. The van der Waals surface area contributed by atoms with Gasteiger partial charge in [0.15, 0.2) is 11.6 Å². The molecule has 0 spiro atoms. The second kappa shape index (κ2) is 11.8. The van der Waals surface area contributed by atoms with Crippen LogP contribution in [-0.2, 0) is 5.41 Å². The highest BCUT2D eigenvalue weighted by Crippen LogP contribution is 2.58. The van der Waals surface area contributed by atoms with Gasteiger partial charge in [0.05, 0.1) is 11.9 Å². The van der Waals surface area contributed by atoms with Crippen molar-refractivity contribution in [1.29, 1.82) is 0 Å². The van der Waals surface area contributed by atoms with Crippen molar-refractivity contribution in [3.8, 4) is 11.3 Å². The summed E-state index contributed by atoms with van der Waals surface area (Å²) >= 11 is 0. The Bertz CT molecular complexity index is 1410. The first-order valence-corrected chi connectivity index (χ1v) is 15.0. The highest BCUT2D eigenvalue weighted by Gasteiger charge is 2.54. The standard InChI is InChI=1S/C32H34N4.2C2H6/c1-20(2)23-15-12-16-24(21(3)4)28(23)26-19-33-29-30(34-26)36-27-18-11-10-17-25(27)32(5,6)31(36)35(29)22-13-8-7-9-14-22;2*1-2/h7-21,31H,1-6H3;2*1-2H3. The molecule has 210 valence electrons. The molecular formula is C36H46N4. The minimum absolute atomic E-state index is 0.0625. The first kappa shape index (κ1) is 29.3. The lowest BCUT2D eigenvalue weighted by Gasteiger charge is -2.36. The number of para-hydroxylation sites is 2. The van der Waals surface area contributed by atoms with Crippen LogP contribution < -0.4 is 9.80 Å². The van der Waals surface area contributed by atoms with Crippen molar-refractivity contribution in [1.82, 2.24) is 9.97 Å². The van der Waals surface area contributed by atoms with Crippen molar-refractivity contribution in [2.45, 2.75) is 92.7 Å². The van der Waals surface area contributed by atoms with Gasteiger partial charge in [-0.3, -0.25) is 0 Å². The summed E-state index contributed by atoms with van der Waals surface area (Å²) in [5, 5.41) is 0. The predicted octanol–water partition coefficient (Wildman–Crippen LogP) is 10.3. The van der Waals surface area contributed by atoms with Crippen LogP contribution in [0, 0.1) is 0 Å². The molecule has 1 aromatic heterocycles. The van der Waals surface area contributed by atoms with E-state index in [4.69, 9.17) is 9.97 Å². The summed E-state index contributed by atoms with van der Waals surface area (Å²) in [4.78, 5) is 15.3. The van der Waals surface area contributed by atoms with Crippen LogP contribution in [0.5, 0.6) is 0 Å². The number of nitrogens with zero attached hydrogens (tertiary/aromatic N) is 4. The lowest BCUT2D eigenvalue weighted by molar-refractivity contribution is 0.449. The molecule has 3 aromatic carbocycles. The van der Waals surface area contributed by atoms with Crippen LogP contribution in [0.1, 0.15) is 97.8 Å². The molecule has 1 unspecified atom stereocenters. The molecule has 0 N–H and O–H groups in total. The number of hydrogen-bond acceptors (Lipinski definition) is 4. The normalized spacial score (nSPS) is 16.1. The molecule has 0 fully saturated rings. The SMILES string of the molecule is CC.CC.CC(C)c1cccc(C(C)C)c1-c1cnc2c(n1)N1c3ccccc3C(C)(C)C1N2c1ccccc1. The monoisotopic (exact) mass is 534 g/mol. The molecule has 2 aliphatic rings. The van der Waals surface area contributed by atoms with E-state index < -0.39 is 0 Å². The number of aromatic nitrogens is 2. The molecule has 40 heavy (non-hydrogen) atoms. The largest absolute Gasteiger partial charge is 0.301 e. The molecule has 4 heteroatoms. The lowest BCUT2D eigenvalue weighted by Crippen LogP contribution is -2.46. The van der Waals surface area contributed by atoms with Gasteiger partial charge in [0, 0.05) is 22.4 Å². The third kappa shape index (κ3) is 4.68. The summed E-state index contributed by atoms with van der Waals surface area (Å²) in [6.07, 6.45) is 2.05. The van der Waals surface area contributed by atoms with Crippen LogP contribution in [0.2, 0.25) is 0 Å². The van der Waals surface area contributed by atoms with E-state index >= 15 is 0 Å². The molecule has 0 amide bonds. The minimum Gasteiger partial charge on any atom is -0.301 e. The van der Waals surface area contributed by atoms with Crippen LogP contribution in [-0.4, -0.2) is 16.1 Å². The topological polar surface area (TPSA) is 32.3 Å². The summed E-state index contributed by atoms with van der Waals surface area (Å²) in [6, 6.07) is 26.0. The van der Waals surface area contributed by atoms with E-state index in [2.05, 4.69) is 124 Å². The Balaban J connectivity index is 0.000000886. The number of fused-ring (bicyclic) bond motifs is 5. The maximum Gasteiger partial charge on any atom is 0.179 e. The van der Waals surface area contributed by atoms with Gasteiger partial charge in [0.25, 0.3) is 0 Å². The zero-order chi connectivity index (χ0) is 29.2. The van der Waals surface area contributed by atoms with Crippen molar-refractivity contribution < 1.29 is 0 Å². The number of benzene rings is 3. The average Bonchev–Trinajstić information content (AvgIpc) is 3.45. The molecule has 0 bridgehead atoms. The summed E-state index contributed by atoms with van der Waals surface area (Å²) in [5.41, 5.74) is 8.43. The second-order valence-electron chi connectivity index (χ2n) is 11.2. The third-order valence-corrected chi connectivity index (χ3v) is 7.85. The fourth-order valence-corrected chi connectivity index (χ4v) is 6.13. The first-order chi connectivity index (χ1) is 19.3. The van der Waals surface area contributed by atoms with E-state index in [1.807, 2.05) is 33.9 Å². The summed E-state index contributed by atoms with van der Waals surface area (Å²) < 4.78 is 0. The first-order valence-electron chi connectivity index (χ1n) is 15.0. The molecule has 0 radical (unpaired) electrons. The zero-order valence-electron chi connectivity index (χ0n) is 26.0. The fraction of sp³-hybridized carbons (Fsp3) is 0.389. The fourth-order valence-electron chi connectivity index (χ4n) is 6.13. The van der Waals surface area contributed by atoms with Gasteiger partial charge in [-0.1, -0.05) is 124 Å². The van der Waals surface area contributed by atoms with Gasteiger partial charge in [-0.2, -0.15) is 0 Å². The van der Waals surface area contributed by atoms with Crippen LogP contribution in [0.3, 0.4) is 0 Å². The Morgan fingerprint density at radius 1 is 0.675 bits per heavy atom. The van der Waals surface area contributed by atoms with Crippen LogP contribution in [0.4, 0.5) is 23.0 Å². The van der Waals surface area contributed by atoms with E-state index in [9.17, 15) is 0 Å².